The lowest BCUT2D eigenvalue weighted by atomic mass is 10.2. The molecule has 0 atom stereocenters. The minimum absolute atomic E-state index is 0.0198. The Hall–Kier alpha value is -2.87. The summed E-state index contributed by atoms with van der Waals surface area (Å²) in [7, 11) is 0. The molecule has 0 aliphatic carbocycles. The summed E-state index contributed by atoms with van der Waals surface area (Å²) in [6.45, 7) is 0. The molecule has 0 saturated carbocycles. The van der Waals surface area contributed by atoms with Crippen LogP contribution < -0.4 is 5.32 Å². The number of nitrogens with one attached hydrogen (secondary N) is 1. The summed E-state index contributed by atoms with van der Waals surface area (Å²) in [6, 6.07) is 7.93. The second-order valence-electron chi connectivity index (χ2n) is 4.63. The summed E-state index contributed by atoms with van der Waals surface area (Å²) in [4.78, 5) is 20.1. The number of nitrogens with zero attached hydrogens (tertiary/aromatic N) is 4. The van der Waals surface area contributed by atoms with E-state index < -0.39 is 18.0 Å². The molecule has 0 aliphatic heterocycles. The van der Waals surface area contributed by atoms with Gasteiger partial charge in [-0.2, -0.15) is 5.10 Å². The maximum absolute atomic E-state index is 13.5. The molecule has 0 bridgehead atoms. The predicted octanol–water partition coefficient (Wildman–Crippen LogP) is 3.51. The number of alkyl halides is 2. The maximum Gasteiger partial charge on any atom is 0.281 e. The Labute approximate surface area is 140 Å². The van der Waals surface area contributed by atoms with Gasteiger partial charge < -0.3 is 5.32 Å². The SMILES string of the molecule is O=C(Nc1ccccn1)c1cnn(-c2ncccc2Cl)c1C(F)F. The number of anilines is 1. The van der Waals surface area contributed by atoms with Crippen molar-refractivity contribution in [3.8, 4) is 5.82 Å². The summed E-state index contributed by atoms with van der Waals surface area (Å²) in [5.41, 5.74) is -0.874. The molecule has 0 unspecified atom stereocenters. The standard InChI is InChI=1S/C15H10ClF2N5O/c16-10-4-3-7-20-14(10)23-12(13(17)18)9(8-21-23)15(24)22-11-5-1-2-6-19-11/h1-8,13H,(H,19,22,24). The van der Waals surface area contributed by atoms with E-state index in [-0.39, 0.29) is 22.2 Å². The molecule has 0 aliphatic rings. The number of hydrogen-bond donors (Lipinski definition) is 1. The lowest BCUT2D eigenvalue weighted by Gasteiger charge is -2.09. The minimum Gasteiger partial charge on any atom is -0.306 e. The molecule has 0 saturated heterocycles. The Morgan fingerprint density at radius 2 is 1.96 bits per heavy atom. The number of carbonyl (C=O) groups is 1. The normalized spacial score (nSPS) is 10.8. The zero-order valence-electron chi connectivity index (χ0n) is 12.0. The van der Waals surface area contributed by atoms with Crippen LogP contribution in [0.25, 0.3) is 5.82 Å². The van der Waals surface area contributed by atoms with Gasteiger partial charge in [-0.3, -0.25) is 4.79 Å². The molecule has 122 valence electrons. The molecule has 1 N–H and O–H groups in total. The molecule has 24 heavy (non-hydrogen) atoms. The maximum atomic E-state index is 13.5. The third-order valence-electron chi connectivity index (χ3n) is 3.10. The first kappa shape index (κ1) is 16.0. The number of aromatic nitrogens is 4. The lowest BCUT2D eigenvalue weighted by molar-refractivity contribution is 0.100. The van der Waals surface area contributed by atoms with Crippen molar-refractivity contribution in [2.75, 3.05) is 5.32 Å². The fourth-order valence-electron chi connectivity index (χ4n) is 2.07. The average Bonchev–Trinajstić information content (AvgIpc) is 3.01. The van der Waals surface area contributed by atoms with Crippen molar-refractivity contribution in [1.82, 2.24) is 19.7 Å². The van der Waals surface area contributed by atoms with Gasteiger partial charge in [0.1, 0.15) is 11.5 Å². The smallest absolute Gasteiger partial charge is 0.281 e. The van der Waals surface area contributed by atoms with Crippen molar-refractivity contribution in [2.45, 2.75) is 6.43 Å². The largest absolute Gasteiger partial charge is 0.306 e. The van der Waals surface area contributed by atoms with Gasteiger partial charge in [0.05, 0.1) is 16.8 Å². The molecule has 6 nitrogen and oxygen atoms in total. The predicted molar refractivity (Wildman–Crippen MR) is 83.5 cm³/mol. The van der Waals surface area contributed by atoms with Crippen molar-refractivity contribution in [1.29, 1.82) is 0 Å². The van der Waals surface area contributed by atoms with Crippen molar-refractivity contribution >= 4 is 23.3 Å². The van der Waals surface area contributed by atoms with Gasteiger partial charge in [0, 0.05) is 12.4 Å². The zero-order valence-corrected chi connectivity index (χ0v) is 12.8. The second kappa shape index (κ2) is 6.71. The summed E-state index contributed by atoms with van der Waals surface area (Å²) in [5, 5.41) is 6.42. The lowest BCUT2D eigenvalue weighted by Crippen LogP contribution is -2.16. The van der Waals surface area contributed by atoms with Gasteiger partial charge in [-0.15, -0.1) is 0 Å². The van der Waals surface area contributed by atoms with Crippen molar-refractivity contribution in [3.05, 3.63) is 65.2 Å². The Morgan fingerprint density at radius 1 is 1.17 bits per heavy atom. The Morgan fingerprint density at radius 3 is 2.62 bits per heavy atom. The molecule has 3 heterocycles. The number of rotatable bonds is 4. The van der Waals surface area contributed by atoms with E-state index in [1.165, 1.54) is 18.5 Å². The highest BCUT2D eigenvalue weighted by molar-refractivity contribution is 6.32. The van der Waals surface area contributed by atoms with E-state index in [4.69, 9.17) is 11.6 Å². The Kier molecular flexibility index (Phi) is 4.48. The third-order valence-corrected chi connectivity index (χ3v) is 3.40. The van der Waals surface area contributed by atoms with Gasteiger partial charge in [-0.25, -0.2) is 23.4 Å². The molecular formula is C15H10ClF2N5O. The van der Waals surface area contributed by atoms with Crippen LogP contribution in [0.4, 0.5) is 14.6 Å². The minimum atomic E-state index is -2.95. The van der Waals surface area contributed by atoms with E-state index >= 15 is 0 Å². The summed E-state index contributed by atoms with van der Waals surface area (Å²) in [5.74, 6) is -0.486. The second-order valence-corrected chi connectivity index (χ2v) is 5.04. The quantitative estimate of drug-likeness (QED) is 0.782. The highest BCUT2D eigenvalue weighted by Gasteiger charge is 2.26. The fourth-order valence-corrected chi connectivity index (χ4v) is 2.27. The Balaban J connectivity index is 2.01. The fraction of sp³-hybridized carbons (Fsp3) is 0.0667. The van der Waals surface area contributed by atoms with Gasteiger partial charge in [0.15, 0.2) is 5.82 Å². The van der Waals surface area contributed by atoms with Crippen LogP contribution in [-0.4, -0.2) is 25.7 Å². The summed E-state index contributed by atoms with van der Waals surface area (Å²) >= 11 is 5.98. The van der Waals surface area contributed by atoms with Crippen molar-refractivity contribution < 1.29 is 13.6 Å². The van der Waals surface area contributed by atoms with E-state index in [2.05, 4.69) is 20.4 Å². The van der Waals surface area contributed by atoms with Crippen molar-refractivity contribution in [3.63, 3.8) is 0 Å². The van der Waals surface area contributed by atoms with Gasteiger partial charge >= 0.3 is 0 Å². The van der Waals surface area contributed by atoms with E-state index in [0.29, 0.717) is 0 Å². The van der Waals surface area contributed by atoms with Crippen LogP contribution in [0, 0.1) is 0 Å². The number of amides is 1. The molecule has 9 heteroatoms. The average molecular weight is 350 g/mol. The molecule has 0 aromatic carbocycles. The van der Waals surface area contributed by atoms with Crippen LogP contribution >= 0.6 is 11.6 Å². The first-order chi connectivity index (χ1) is 11.6. The van der Waals surface area contributed by atoms with Crippen LogP contribution in [0.1, 0.15) is 22.5 Å². The van der Waals surface area contributed by atoms with E-state index in [0.717, 1.165) is 10.9 Å². The van der Waals surface area contributed by atoms with Gasteiger partial charge in [-0.05, 0) is 24.3 Å². The highest BCUT2D eigenvalue weighted by atomic mass is 35.5. The van der Waals surface area contributed by atoms with Crippen LogP contribution in [0.15, 0.2) is 48.9 Å². The number of carbonyl (C=O) groups excluding carboxylic acids is 1. The van der Waals surface area contributed by atoms with E-state index in [9.17, 15) is 13.6 Å². The monoisotopic (exact) mass is 349 g/mol. The van der Waals surface area contributed by atoms with Crippen LogP contribution in [0.2, 0.25) is 5.02 Å². The topological polar surface area (TPSA) is 72.7 Å². The number of hydrogen-bond acceptors (Lipinski definition) is 4. The Bertz CT molecular complexity index is 869. The van der Waals surface area contributed by atoms with Gasteiger partial charge in [-0.1, -0.05) is 17.7 Å². The molecule has 3 aromatic heterocycles. The third kappa shape index (κ3) is 3.09. The molecule has 3 aromatic rings. The summed E-state index contributed by atoms with van der Waals surface area (Å²) in [6.07, 6.45) is 0.965. The van der Waals surface area contributed by atoms with Gasteiger partial charge in [0.2, 0.25) is 0 Å². The van der Waals surface area contributed by atoms with Crippen molar-refractivity contribution in [2.24, 2.45) is 0 Å². The molecule has 0 radical (unpaired) electrons. The molecule has 0 fully saturated rings. The van der Waals surface area contributed by atoms with E-state index in [1.54, 1.807) is 24.3 Å². The zero-order chi connectivity index (χ0) is 17.1. The number of pyridine rings is 2. The molecule has 3 rings (SSSR count). The first-order valence-corrected chi connectivity index (χ1v) is 7.15. The molecule has 1 amide bonds. The van der Waals surface area contributed by atoms with Crippen LogP contribution in [0.5, 0.6) is 0 Å². The van der Waals surface area contributed by atoms with E-state index in [1.807, 2.05) is 0 Å². The van der Waals surface area contributed by atoms with Crippen LogP contribution in [-0.2, 0) is 0 Å². The number of halogens is 3. The molecule has 0 spiro atoms. The highest BCUT2D eigenvalue weighted by Crippen LogP contribution is 2.28. The molecular weight excluding hydrogens is 340 g/mol. The van der Waals surface area contributed by atoms with Crippen LogP contribution in [0.3, 0.4) is 0 Å². The summed E-state index contributed by atoms with van der Waals surface area (Å²) < 4.78 is 27.9. The first-order valence-electron chi connectivity index (χ1n) is 6.77. The van der Waals surface area contributed by atoms with Gasteiger partial charge in [0.25, 0.3) is 12.3 Å².